The predicted octanol–water partition coefficient (Wildman–Crippen LogP) is 5.35. The molecule has 1 aromatic carbocycles. The van der Waals surface area contributed by atoms with Gasteiger partial charge in [-0.3, -0.25) is 0 Å². The smallest absolute Gasteiger partial charge is 0.142 e. The number of aromatic nitrogens is 1. The summed E-state index contributed by atoms with van der Waals surface area (Å²) in [5, 5.41) is 0.440. The molecular formula is C14H13Cl2FN2S. The topological polar surface area (TPSA) is 38.9 Å². The molecule has 1 atom stereocenters. The van der Waals surface area contributed by atoms with Crippen molar-refractivity contribution in [3.05, 3.63) is 51.9 Å². The van der Waals surface area contributed by atoms with Crippen molar-refractivity contribution in [3.8, 4) is 0 Å². The van der Waals surface area contributed by atoms with Gasteiger partial charge in [0.15, 0.2) is 0 Å². The van der Waals surface area contributed by atoms with Gasteiger partial charge in [-0.05, 0) is 30.7 Å². The number of halogens is 3. The summed E-state index contributed by atoms with van der Waals surface area (Å²) in [4.78, 5) is 4.87. The summed E-state index contributed by atoms with van der Waals surface area (Å²) in [5.74, 6) is -0.0242. The highest BCUT2D eigenvalue weighted by Gasteiger charge is 2.21. The molecule has 0 aliphatic carbocycles. The van der Waals surface area contributed by atoms with Crippen LogP contribution in [0.2, 0.25) is 10.0 Å². The van der Waals surface area contributed by atoms with Crippen LogP contribution in [0, 0.1) is 5.82 Å². The summed E-state index contributed by atoms with van der Waals surface area (Å²) in [6.07, 6.45) is 2.37. The molecule has 0 amide bonds. The summed E-state index contributed by atoms with van der Waals surface area (Å²) in [6, 6.07) is 6.47. The summed E-state index contributed by atoms with van der Waals surface area (Å²) < 4.78 is 13.6. The van der Waals surface area contributed by atoms with Crippen LogP contribution in [0.25, 0.3) is 0 Å². The number of nitrogens with zero attached hydrogens (tertiary/aromatic N) is 1. The van der Waals surface area contributed by atoms with Crippen molar-refractivity contribution in [2.45, 2.75) is 23.5 Å². The van der Waals surface area contributed by atoms with Crippen molar-refractivity contribution in [1.29, 1.82) is 0 Å². The summed E-state index contributed by atoms with van der Waals surface area (Å²) in [5.41, 5.74) is 6.44. The first-order chi connectivity index (χ1) is 9.54. The van der Waals surface area contributed by atoms with Crippen LogP contribution in [0.5, 0.6) is 0 Å². The van der Waals surface area contributed by atoms with Crippen LogP contribution in [0.3, 0.4) is 0 Å². The largest absolute Gasteiger partial charge is 0.383 e. The standard InChI is InChI=1S/C14H13Cl2FN2S/c1-2-10(20-11-4-3-7-19-14(11)18)12-8(15)5-6-9(17)13(12)16/h3-7,10H,2H2,1H3,(H2,18,19). The lowest BCUT2D eigenvalue weighted by Gasteiger charge is -2.18. The number of benzene rings is 1. The average molecular weight is 331 g/mol. The van der Waals surface area contributed by atoms with Crippen LogP contribution in [0.1, 0.15) is 24.2 Å². The van der Waals surface area contributed by atoms with E-state index in [-0.39, 0.29) is 10.3 Å². The maximum absolute atomic E-state index is 13.6. The van der Waals surface area contributed by atoms with E-state index in [4.69, 9.17) is 28.9 Å². The maximum Gasteiger partial charge on any atom is 0.142 e. The minimum absolute atomic E-state index is 0.0688. The van der Waals surface area contributed by atoms with Gasteiger partial charge in [0.05, 0.1) is 9.92 Å². The van der Waals surface area contributed by atoms with Crippen LogP contribution in [-0.4, -0.2) is 4.98 Å². The van der Waals surface area contributed by atoms with Crippen LogP contribution in [-0.2, 0) is 0 Å². The van der Waals surface area contributed by atoms with Crippen LogP contribution < -0.4 is 5.73 Å². The van der Waals surface area contributed by atoms with Gasteiger partial charge in [-0.15, -0.1) is 11.8 Å². The number of thioether (sulfide) groups is 1. The molecule has 6 heteroatoms. The van der Waals surface area contributed by atoms with Crippen molar-refractivity contribution in [2.24, 2.45) is 0 Å². The number of hydrogen-bond donors (Lipinski definition) is 1. The first kappa shape index (κ1) is 15.4. The highest BCUT2D eigenvalue weighted by Crippen LogP contribution is 2.45. The van der Waals surface area contributed by atoms with Gasteiger partial charge >= 0.3 is 0 Å². The quantitative estimate of drug-likeness (QED) is 0.606. The van der Waals surface area contributed by atoms with Gasteiger partial charge in [0.25, 0.3) is 0 Å². The van der Waals surface area contributed by atoms with Crippen LogP contribution in [0.4, 0.5) is 10.2 Å². The molecule has 1 heterocycles. The van der Waals surface area contributed by atoms with Crippen molar-refractivity contribution < 1.29 is 4.39 Å². The van der Waals surface area contributed by atoms with Gasteiger partial charge in [-0.1, -0.05) is 30.1 Å². The molecule has 0 spiro atoms. The molecule has 0 bridgehead atoms. The van der Waals surface area contributed by atoms with Gasteiger partial charge in [0, 0.05) is 22.0 Å². The molecule has 0 saturated carbocycles. The summed E-state index contributed by atoms with van der Waals surface area (Å²) in [7, 11) is 0. The fraction of sp³-hybridized carbons (Fsp3) is 0.214. The van der Waals surface area contributed by atoms with Crippen molar-refractivity contribution in [2.75, 3.05) is 5.73 Å². The second-order valence-corrected chi connectivity index (χ2v) is 6.19. The van der Waals surface area contributed by atoms with E-state index in [0.29, 0.717) is 16.4 Å². The molecule has 0 aliphatic rings. The minimum atomic E-state index is -0.468. The van der Waals surface area contributed by atoms with E-state index in [1.165, 1.54) is 23.9 Å². The van der Waals surface area contributed by atoms with Gasteiger partial charge in [-0.25, -0.2) is 9.37 Å². The van der Waals surface area contributed by atoms with Crippen molar-refractivity contribution in [1.82, 2.24) is 4.98 Å². The van der Waals surface area contributed by atoms with Gasteiger partial charge in [-0.2, -0.15) is 0 Å². The lowest BCUT2D eigenvalue weighted by Crippen LogP contribution is -1.99. The first-order valence-electron chi connectivity index (χ1n) is 6.05. The van der Waals surface area contributed by atoms with Crippen LogP contribution >= 0.6 is 35.0 Å². The van der Waals surface area contributed by atoms with E-state index in [1.54, 1.807) is 12.3 Å². The highest BCUT2D eigenvalue weighted by atomic mass is 35.5. The molecule has 0 aliphatic heterocycles. The Morgan fingerprint density at radius 2 is 2.10 bits per heavy atom. The summed E-state index contributed by atoms with van der Waals surface area (Å²) >= 11 is 13.7. The van der Waals surface area contributed by atoms with E-state index in [1.807, 2.05) is 13.0 Å². The Morgan fingerprint density at radius 1 is 1.35 bits per heavy atom. The third kappa shape index (κ3) is 3.19. The third-order valence-electron chi connectivity index (χ3n) is 2.84. The Kier molecular flexibility index (Phi) is 5.13. The normalized spacial score (nSPS) is 12.4. The molecule has 106 valence electrons. The third-order valence-corrected chi connectivity index (χ3v) is 5.01. The van der Waals surface area contributed by atoms with E-state index in [2.05, 4.69) is 4.98 Å². The number of anilines is 1. The van der Waals surface area contributed by atoms with Gasteiger partial charge in [0.2, 0.25) is 0 Å². The predicted molar refractivity (Wildman–Crippen MR) is 84.0 cm³/mol. The van der Waals surface area contributed by atoms with Gasteiger partial charge < -0.3 is 5.73 Å². The SMILES string of the molecule is CCC(Sc1cccnc1N)c1c(Cl)ccc(F)c1Cl. The van der Waals surface area contributed by atoms with Crippen molar-refractivity contribution >= 4 is 40.8 Å². The maximum atomic E-state index is 13.6. The zero-order chi connectivity index (χ0) is 14.7. The Labute approximate surface area is 131 Å². The second kappa shape index (κ2) is 6.66. The zero-order valence-electron chi connectivity index (χ0n) is 10.7. The number of nitrogens with two attached hydrogens (primary N) is 1. The lowest BCUT2D eigenvalue weighted by atomic mass is 10.1. The number of pyridine rings is 1. The Morgan fingerprint density at radius 3 is 2.75 bits per heavy atom. The molecule has 1 unspecified atom stereocenters. The zero-order valence-corrected chi connectivity index (χ0v) is 13.1. The Bertz CT molecular complexity index is 622. The molecular weight excluding hydrogens is 318 g/mol. The fourth-order valence-corrected chi connectivity index (χ4v) is 3.77. The molecule has 2 aromatic rings. The lowest BCUT2D eigenvalue weighted by molar-refractivity contribution is 0.625. The van der Waals surface area contributed by atoms with E-state index < -0.39 is 5.82 Å². The van der Waals surface area contributed by atoms with E-state index in [9.17, 15) is 4.39 Å². The molecule has 1 aromatic heterocycles. The fourth-order valence-electron chi connectivity index (χ4n) is 1.84. The Hall–Kier alpha value is -0.970. The monoisotopic (exact) mass is 330 g/mol. The van der Waals surface area contributed by atoms with Crippen molar-refractivity contribution in [3.63, 3.8) is 0 Å². The average Bonchev–Trinajstić information content (AvgIpc) is 2.44. The molecule has 2 nitrogen and oxygen atoms in total. The summed E-state index contributed by atoms with van der Waals surface area (Å²) in [6.45, 7) is 1.99. The second-order valence-electron chi connectivity index (χ2n) is 4.16. The van der Waals surface area contributed by atoms with E-state index >= 15 is 0 Å². The molecule has 0 fully saturated rings. The highest BCUT2D eigenvalue weighted by molar-refractivity contribution is 7.99. The molecule has 20 heavy (non-hydrogen) atoms. The first-order valence-corrected chi connectivity index (χ1v) is 7.68. The number of rotatable bonds is 4. The molecule has 0 saturated heterocycles. The van der Waals surface area contributed by atoms with Gasteiger partial charge in [0.1, 0.15) is 11.6 Å². The number of nitrogen functional groups attached to an aromatic ring is 1. The minimum Gasteiger partial charge on any atom is -0.383 e. The number of hydrogen-bond acceptors (Lipinski definition) is 3. The van der Waals surface area contributed by atoms with Crippen LogP contribution in [0.15, 0.2) is 35.4 Å². The molecule has 2 rings (SSSR count). The molecule has 0 radical (unpaired) electrons. The Balaban J connectivity index is 2.39. The molecule has 2 N–H and O–H groups in total. The van der Waals surface area contributed by atoms with E-state index in [0.717, 1.165) is 11.3 Å².